The van der Waals surface area contributed by atoms with Gasteiger partial charge in [-0.15, -0.1) is 0 Å². The van der Waals surface area contributed by atoms with Gasteiger partial charge in [-0.1, -0.05) is 15.9 Å². The van der Waals surface area contributed by atoms with Gasteiger partial charge in [0.05, 0.1) is 10.9 Å². The highest BCUT2D eigenvalue weighted by Crippen LogP contribution is 2.24. The van der Waals surface area contributed by atoms with E-state index in [1.165, 1.54) is 0 Å². The number of Topliss-reactive ketones (excluding diaryl/α,β-unsaturated/α-hetero) is 1. The first kappa shape index (κ1) is 15.3. The van der Waals surface area contributed by atoms with Gasteiger partial charge in [0.25, 0.3) is 5.91 Å². The highest BCUT2D eigenvalue weighted by Gasteiger charge is 2.50. The molecule has 8 heteroatoms. The summed E-state index contributed by atoms with van der Waals surface area (Å²) in [6.45, 7) is 2.30. The number of carbonyl (C=O) groups excluding carboxylic acids is 2. The van der Waals surface area contributed by atoms with Crippen LogP contribution in [0.4, 0.5) is 17.6 Å². The van der Waals surface area contributed by atoms with Crippen LogP contribution >= 0.6 is 15.9 Å². The van der Waals surface area contributed by atoms with Crippen molar-refractivity contribution < 1.29 is 27.2 Å². The van der Waals surface area contributed by atoms with Gasteiger partial charge in [-0.3, -0.25) is 9.59 Å². The predicted octanol–water partition coefficient (Wildman–Crippen LogP) is 1.75. The Morgan fingerprint density at radius 2 is 1.75 bits per heavy atom. The Kier molecular flexibility index (Phi) is 4.90. The minimum atomic E-state index is -4.80. The van der Waals surface area contributed by atoms with E-state index in [1.807, 2.05) is 0 Å². The SMILES string of the molecule is CC(C)(NC(=O)C(F)(F)C(F)F)C(=O)CBr. The van der Waals surface area contributed by atoms with Gasteiger partial charge < -0.3 is 5.32 Å². The van der Waals surface area contributed by atoms with Crippen molar-refractivity contribution in [2.75, 3.05) is 5.33 Å². The van der Waals surface area contributed by atoms with E-state index >= 15 is 0 Å². The van der Waals surface area contributed by atoms with E-state index in [0.29, 0.717) is 0 Å². The van der Waals surface area contributed by atoms with Gasteiger partial charge in [0.2, 0.25) is 0 Å². The van der Waals surface area contributed by atoms with Gasteiger partial charge >= 0.3 is 12.3 Å². The normalized spacial score (nSPS) is 12.8. The largest absolute Gasteiger partial charge is 0.383 e. The van der Waals surface area contributed by atoms with Gasteiger partial charge in [-0.2, -0.15) is 8.78 Å². The van der Waals surface area contributed by atoms with Gasteiger partial charge in [0, 0.05) is 0 Å². The number of hydrogen-bond acceptors (Lipinski definition) is 2. The molecule has 0 aromatic carbocycles. The number of ketones is 1. The lowest BCUT2D eigenvalue weighted by atomic mass is 10.00. The third kappa shape index (κ3) is 3.43. The molecule has 94 valence electrons. The number of carbonyl (C=O) groups is 2. The van der Waals surface area contributed by atoms with Crippen LogP contribution in [0.25, 0.3) is 0 Å². The summed E-state index contributed by atoms with van der Waals surface area (Å²) >= 11 is 2.78. The Morgan fingerprint density at radius 3 is 2.06 bits per heavy atom. The molecule has 0 bridgehead atoms. The standard InChI is InChI=1S/C8H10BrF4NO2/c1-7(2,4(15)3-9)14-6(16)8(12,13)5(10)11/h5H,3H2,1-2H3,(H,14,16). The number of amides is 1. The molecule has 16 heavy (non-hydrogen) atoms. The molecule has 0 unspecified atom stereocenters. The van der Waals surface area contributed by atoms with E-state index in [-0.39, 0.29) is 5.33 Å². The molecule has 0 aromatic rings. The summed E-state index contributed by atoms with van der Waals surface area (Å²) in [6.07, 6.45) is -4.11. The predicted molar refractivity (Wildman–Crippen MR) is 52.0 cm³/mol. The summed E-state index contributed by atoms with van der Waals surface area (Å²) in [5.74, 6) is -7.57. The van der Waals surface area contributed by atoms with E-state index in [9.17, 15) is 27.2 Å². The second-order valence-electron chi connectivity index (χ2n) is 3.56. The second-order valence-corrected chi connectivity index (χ2v) is 4.12. The van der Waals surface area contributed by atoms with Crippen molar-refractivity contribution in [1.29, 1.82) is 0 Å². The molecular weight excluding hydrogens is 298 g/mol. The lowest BCUT2D eigenvalue weighted by Crippen LogP contribution is -2.56. The van der Waals surface area contributed by atoms with Crippen LogP contribution in [0.2, 0.25) is 0 Å². The lowest BCUT2D eigenvalue weighted by Gasteiger charge is -2.26. The fourth-order valence-electron chi connectivity index (χ4n) is 0.703. The number of rotatable bonds is 5. The van der Waals surface area contributed by atoms with Crippen molar-refractivity contribution in [3.63, 3.8) is 0 Å². The highest BCUT2D eigenvalue weighted by atomic mass is 79.9. The second kappa shape index (κ2) is 5.11. The lowest BCUT2D eigenvalue weighted by molar-refractivity contribution is -0.171. The van der Waals surface area contributed by atoms with Crippen LogP contribution in [-0.2, 0) is 9.59 Å². The molecule has 0 heterocycles. The third-order valence-corrected chi connectivity index (χ3v) is 2.33. The average Bonchev–Trinajstić information content (AvgIpc) is 2.15. The molecule has 1 N–H and O–H groups in total. The van der Waals surface area contributed by atoms with E-state index in [1.54, 1.807) is 5.32 Å². The Labute approximate surface area is 97.7 Å². The summed E-state index contributed by atoms with van der Waals surface area (Å²) < 4.78 is 48.7. The zero-order chi connectivity index (χ0) is 13.1. The van der Waals surface area contributed by atoms with E-state index in [0.717, 1.165) is 13.8 Å². The molecule has 1 amide bonds. The van der Waals surface area contributed by atoms with Crippen molar-refractivity contribution in [3.8, 4) is 0 Å². The monoisotopic (exact) mass is 307 g/mol. The molecular formula is C8H10BrF4NO2. The van der Waals surface area contributed by atoms with Crippen LogP contribution in [0, 0.1) is 0 Å². The van der Waals surface area contributed by atoms with Crippen molar-refractivity contribution in [1.82, 2.24) is 5.32 Å². The van der Waals surface area contributed by atoms with Crippen molar-refractivity contribution in [2.45, 2.75) is 31.7 Å². The van der Waals surface area contributed by atoms with E-state index in [4.69, 9.17) is 0 Å². The van der Waals surface area contributed by atoms with Gasteiger partial charge in [0.15, 0.2) is 5.78 Å². The summed E-state index contributed by atoms with van der Waals surface area (Å²) in [6, 6.07) is 0. The topological polar surface area (TPSA) is 46.2 Å². The summed E-state index contributed by atoms with van der Waals surface area (Å²) in [5, 5.41) is 1.40. The van der Waals surface area contributed by atoms with Crippen LogP contribution < -0.4 is 5.32 Å². The average molecular weight is 308 g/mol. The maximum absolute atomic E-state index is 12.6. The molecule has 0 spiro atoms. The van der Waals surface area contributed by atoms with Crippen LogP contribution in [0.3, 0.4) is 0 Å². The molecule has 0 aliphatic heterocycles. The maximum atomic E-state index is 12.6. The van der Waals surface area contributed by atoms with Gasteiger partial charge in [-0.05, 0) is 13.8 Å². The Bertz CT molecular complexity index is 294. The first-order valence-corrected chi connectivity index (χ1v) is 5.25. The summed E-state index contributed by atoms with van der Waals surface area (Å²) in [7, 11) is 0. The zero-order valence-electron chi connectivity index (χ0n) is 8.49. The fraction of sp³-hybridized carbons (Fsp3) is 0.750. The van der Waals surface area contributed by atoms with Crippen molar-refractivity contribution in [3.05, 3.63) is 0 Å². The van der Waals surface area contributed by atoms with Gasteiger partial charge in [0.1, 0.15) is 0 Å². The fourth-order valence-corrected chi connectivity index (χ4v) is 1.40. The van der Waals surface area contributed by atoms with E-state index in [2.05, 4.69) is 15.9 Å². The third-order valence-electron chi connectivity index (χ3n) is 1.82. The molecule has 0 saturated carbocycles. The van der Waals surface area contributed by atoms with E-state index < -0.39 is 29.6 Å². The molecule has 0 rings (SSSR count). The van der Waals surface area contributed by atoms with Crippen molar-refractivity contribution >= 4 is 27.6 Å². The Balaban J connectivity index is 4.75. The maximum Gasteiger partial charge on any atom is 0.383 e. The number of nitrogens with one attached hydrogen (secondary N) is 1. The number of alkyl halides is 5. The molecule has 0 saturated heterocycles. The Hall–Kier alpha value is -0.660. The quantitative estimate of drug-likeness (QED) is 0.621. The first-order chi connectivity index (χ1) is 7.05. The number of halogens is 5. The molecule has 0 atom stereocenters. The molecule has 0 radical (unpaired) electrons. The highest BCUT2D eigenvalue weighted by molar-refractivity contribution is 9.09. The number of hydrogen-bond donors (Lipinski definition) is 1. The van der Waals surface area contributed by atoms with Crippen LogP contribution in [0.1, 0.15) is 13.8 Å². The van der Waals surface area contributed by atoms with Gasteiger partial charge in [-0.25, -0.2) is 8.78 Å². The van der Waals surface area contributed by atoms with Crippen molar-refractivity contribution in [2.24, 2.45) is 0 Å². The van der Waals surface area contributed by atoms with Crippen LogP contribution in [0.15, 0.2) is 0 Å². The minimum Gasteiger partial charge on any atom is -0.339 e. The summed E-state index contributed by atoms with van der Waals surface area (Å²) in [4.78, 5) is 22.0. The van der Waals surface area contributed by atoms with Crippen LogP contribution in [0.5, 0.6) is 0 Å². The van der Waals surface area contributed by atoms with Crippen LogP contribution in [-0.4, -0.2) is 34.9 Å². The smallest absolute Gasteiger partial charge is 0.339 e. The molecule has 0 aliphatic rings. The molecule has 0 fully saturated rings. The Morgan fingerprint density at radius 1 is 1.31 bits per heavy atom. The summed E-state index contributed by atoms with van der Waals surface area (Å²) in [5.41, 5.74) is -1.63. The molecule has 0 aromatic heterocycles. The zero-order valence-corrected chi connectivity index (χ0v) is 10.1. The first-order valence-electron chi connectivity index (χ1n) is 4.13. The minimum absolute atomic E-state index is 0.180. The molecule has 0 aliphatic carbocycles. The molecule has 3 nitrogen and oxygen atoms in total.